The third-order valence-corrected chi connectivity index (χ3v) is 5.95. The highest BCUT2D eigenvalue weighted by molar-refractivity contribution is 7.90. The maximum atomic E-state index is 12.5. The summed E-state index contributed by atoms with van der Waals surface area (Å²) in [5, 5.41) is 3.62. The van der Waals surface area contributed by atoms with Crippen molar-refractivity contribution in [2.75, 3.05) is 6.26 Å². The Hall–Kier alpha value is -2.58. The third-order valence-electron chi connectivity index (χ3n) is 3.79. The van der Waals surface area contributed by atoms with E-state index < -0.39 is 9.84 Å². The van der Waals surface area contributed by atoms with Gasteiger partial charge in [0, 0.05) is 24.2 Å². The zero-order valence-electron chi connectivity index (χ0n) is 14.2. The number of rotatable bonds is 5. The lowest BCUT2D eigenvalue weighted by molar-refractivity contribution is 0.0943. The highest BCUT2D eigenvalue weighted by Crippen LogP contribution is 2.25. The first-order valence-electron chi connectivity index (χ1n) is 7.82. The topological polar surface area (TPSA) is 89.0 Å². The summed E-state index contributed by atoms with van der Waals surface area (Å²) >= 11 is 1.29. The summed E-state index contributed by atoms with van der Waals surface area (Å²) in [6, 6.07) is 9.90. The van der Waals surface area contributed by atoms with Crippen molar-refractivity contribution >= 4 is 27.1 Å². The zero-order valence-corrected chi connectivity index (χ0v) is 15.8. The quantitative estimate of drug-likeness (QED) is 0.727. The number of benzene rings is 1. The van der Waals surface area contributed by atoms with Gasteiger partial charge in [0.05, 0.1) is 17.1 Å². The fourth-order valence-electron chi connectivity index (χ4n) is 2.37. The smallest absolute Gasteiger partial charge is 0.263 e. The summed E-state index contributed by atoms with van der Waals surface area (Å²) in [6.07, 6.45) is 6.04. The van der Waals surface area contributed by atoms with Gasteiger partial charge in [0.1, 0.15) is 9.88 Å². The lowest BCUT2D eigenvalue weighted by atomic mass is 10.1. The van der Waals surface area contributed by atoms with Gasteiger partial charge in [-0.05, 0) is 36.8 Å². The van der Waals surface area contributed by atoms with Gasteiger partial charge in [0.25, 0.3) is 5.91 Å². The molecule has 6 nitrogen and oxygen atoms in total. The number of carbonyl (C=O) groups excluding carboxylic acids is 1. The van der Waals surface area contributed by atoms with Crippen molar-refractivity contribution in [3.05, 3.63) is 65.4 Å². The zero-order chi connectivity index (χ0) is 18.7. The van der Waals surface area contributed by atoms with Gasteiger partial charge in [-0.3, -0.25) is 9.78 Å². The molecule has 0 spiro atoms. The van der Waals surface area contributed by atoms with E-state index in [-0.39, 0.29) is 16.8 Å². The van der Waals surface area contributed by atoms with E-state index in [9.17, 15) is 13.2 Å². The molecule has 0 saturated carbocycles. The van der Waals surface area contributed by atoms with Crippen LogP contribution >= 0.6 is 11.3 Å². The van der Waals surface area contributed by atoms with Crippen LogP contribution in [-0.2, 0) is 9.84 Å². The number of hydrogen-bond donors (Lipinski definition) is 1. The Balaban J connectivity index is 1.75. The summed E-state index contributed by atoms with van der Waals surface area (Å²) in [5.41, 5.74) is 1.62. The molecule has 1 aromatic carbocycles. The summed E-state index contributed by atoms with van der Waals surface area (Å²) in [7, 11) is -3.29. The Bertz CT molecular complexity index is 1030. The van der Waals surface area contributed by atoms with Crippen molar-refractivity contribution in [2.45, 2.75) is 17.9 Å². The maximum Gasteiger partial charge on any atom is 0.263 e. The van der Waals surface area contributed by atoms with Crippen molar-refractivity contribution in [1.82, 2.24) is 15.3 Å². The van der Waals surface area contributed by atoms with Crippen LogP contribution in [0.3, 0.4) is 0 Å². The summed E-state index contributed by atoms with van der Waals surface area (Å²) in [5.74, 6) is -0.250. The van der Waals surface area contributed by atoms with E-state index in [2.05, 4.69) is 15.3 Å². The molecule has 1 unspecified atom stereocenters. The molecule has 0 aliphatic carbocycles. The highest BCUT2D eigenvalue weighted by atomic mass is 32.2. The van der Waals surface area contributed by atoms with Crippen LogP contribution in [0.4, 0.5) is 0 Å². The van der Waals surface area contributed by atoms with Crippen LogP contribution in [-0.4, -0.2) is 30.5 Å². The third kappa shape index (κ3) is 4.14. The number of nitrogens with one attached hydrogen (secondary N) is 1. The fraction of sp³-hybridized carbons (Fsp3) is 0.167. The lowest BCUT2D eigenvalue weighted by Gasteiger charge is -2.14. The first-order chi connectivity index (χ1) is 12.3. The minimum atomic E-state index is -3.29. The van der Waals surface area contributed by atoms with Crippen LogP contribution < -0.4 is 5.32 Å². The Kier molecular flexibility index (Phi) is 5.15. The van der Waals surface area contributed by atoms with Crippen LogP contribution in [0.2, 0.25) is 0 Å². The molecular formula is C18H17N3O3S2. The number of pyridine rings is 1. The number of carbonyl (C=O) groups is 1. The number of aromatic nitrogens is 2. The van der Waals surface area contributed by atoms with Crippen LogP contribution in [0.5, 0.6) is 0 Å². The monoisotopic (exact) mass is 387 g/mol. The molecule has 2 heterocycles. The second-order valence-corrected chi connectivity index (χ2v) is 8.85. The second-order valence-electron chi connectivity index (χ2n) is 5.81. The molecule has 3 rings (SSSR count). The van der Waals surface area contributed by atoms with Crippen molar-refractivity contribution in [2.24, 2.45) is 0 Å². The molecule has 0 fully saturated rings. The molecule has 0 aliphatic heterocycles. The number of hydrogen-bond acceptors (Lipinski definition) is 6. The summed E-state index contributed by atoms with van der Waals surface area (Å²) in [6.45, 7) is 1.81. The van der Waals surface area contributed by atoms with E-state index in [0.29, 0.717) is 4.88 Å². The molecule has 26 heavy (non-hydrogen) atoms. The standard InChI is InChI=1S/C18H17N3O3S2/c1-12(14-4-3-5-15(10-14)26(2,23)24)21-17(22)16-11-20-18(25-16)13-6-8-19-9-7-13/h3-12H,1-2H3,(H,21,22). The average Bonchev–Trinajstić information content (AvgIpc) is 3.12. The second kappa shape index (κ2) is 7.35. The van der Waals surface area contributed by atoms with E-state index in [1.165, 1.54) is 23.6 Å². The lowest BCUT2D eigenvalue weighted by Crippen LogP contribution is -2.26. The Labute approximate surface area is 155 Å². The first kappa shape index (κ1) is 18.2. The molecule has 0 radical (unpaired) electrons. The predicted molar refractivity (Wildman–Crippen MR) is 101 cm³/mol. The summed E-state index contributed by atoms with van der Waals surface area (Å²) in [4.78, 5) is 21.5. The van der Waals surface area contributed by atoms with Gasteiger partial charge in [-0.2, -0.15) is 0 Å². The SMILES string of the molecule is CC(NC(=O)c1cnc(-c2ccncc2)s1)c1cccc(S(C)(=O)=O)c1. The van der Waals surface area contributed by atoms with Crippen LogP contribution in [0.1, 0.15) is 28.2 Å². The molecule has 0 aliphatic rings. The van der Waals surface area contributed by atoms with Crippen LogP contribution in [0.15, 0.2) is 59.9 Å². The molecule has 0 saturated heterocycles. The highest BCUT2D eigenvalue weighted by Gasteiger charge is 2.16. The van der Waals surface area contributed by atoms with Gasteiger partial charge in [0.2, 0.25) is 0 Å². The van der Waals surface area contributed by atoms with Crippen LogP contribution in [0.25, 0.3) is 10.6 Å². The molecule has 3 aromatic rings. The first-order valence-corrected chi connectivity index (χ1v) is 10.5. The average molecular weight is 387 g/mol. The maximum absolute atomic E-state index is 12.5. The Morgan fingerprint density at radius 1 is 1.19 bits per heavy atom. The molecule has 1 amide bonds. The molecule has 1 atom stereocenters. The number of thiazole rings is 1. The summed E-state index contributed by atoms with van der Waals surface area (Å²) < 4.78 is 23.4. The van der Waals surface area contributed by atoms with Gasteiger partial charge in [-0.1, -0.05) is 12.1 Å². The van der Waals surface area contributed by atoms with Crippen molar-refractivity contribution in [1.29, 1.82) is 0 Å². The number of nitrogens with zero attached hydrogens (tertiary/aromatic N) is 2. The van der Waals surface area contributed by atoms with Gasteiger partial charge >= 0.3 is 0 Å². The fourth-order valence-corrected chi connectivity index (χ4v) is 3.87. The minimum Gasteiger partial charge on any atom is -0.345 e. The number of amides is 1. The van der Waals surface area contributed by atoms with E-state index >= 15 is 0 Å². The van der Waals surface area contributed by atoms with E-state index in [1.54, 1.807) is 30.6 Å². The van der Waals surface area contributed by atoms with Crippen molar-refractivity contribution in [3.8, 4) is 10.6 Å². The molecular weight excluding hydrogens is 370 g/mol. The molecule has 8 heteroatoms. The van der Waals surface area contributed by atoms with Crippen molar-refractivity contribution < 1.29 is 13.2 Å². The van der Waals surface area contributed by atoms with Crippen molar-refractivity contribution in [3.63, 3.8) is 0 Å². The normalized spacial score (nSPS) is 12.5. The van der Waals surface area contributed by atoms with Gasteiger partial charge < -0.3 is 5.32 Å². The Morgan fingerprint density at radius 2 is 1.92 bits per heavy atom. The Morgan fingerprint density at radius 3 is 2.62 bits per heavy atom. The minimum absolute atomic E-state index is 0.230. The largest absolute Gasteiger partial charge is 0.345 e. The van der Waals surface area contributed by atoms with E-state index in [4.69, 9.17) is 0 Å². The van der Waals surface area contributed by atoms with Crippen LogP contribution in [0, 0.1) is 0 Å². The molecule has 134 valence electrons. The predicted octanol–water partition coefficient (Wildman–Crippen LogP) is 3.10. The van der Waals surface area contributed by atoms with E-state index in [1.807, 2.05) is 19.1 Å². The van der Waals surface area contributed by atoms with E-state index in [0.717, 1.165) is 22.4 Å². The van der Waals surface area contributed by atoms with Gasteiger partial charge in [0.15, 0.2) is 9.84 Å². The molecule has 0 bridgehead atoms. The molecule has 2 aromatic heterocycles. The molecule has 1 N–H and O–H groups in total. The number of sulfone groups is 1. The van der Waals surface area contributed by atoms with Gasteiger partial charge in [-0.15, -0.1) is 11.3 Å². The van der Waals surface area contributed by atoms with Gasteiger partial charge in [-0.25, -0.2) is 13.4 Å².